The van der Waals surface area contributed by atoms with E-state index in [0.717, 1.165) is 36.2 Å². The first-order chi connectivity index (χ1) is 15.2. The summed E-state index contributed by atoms with van der Waals surface area (Å²) < 4.78 is 38.4. The minimum atomic E-state index is -4.40. The van der Waals surface area contributed by atoms with E-state index in [4.69, 9.17) is 0 Å². The molecule has 0 spiro atoms. The standard InChI is InChI=1S/C24H28F3N3O2/c1-17-7-10-21(11-8-17)29-23(32)30-13-3-5-18(16-30)9-12-22(31)28-15-19-4-2-6-20(14-19)24(25,26)27/h2,4,6-8,10-11,14,18H,3,5,9,12-13,15-16H2,1H3,(H,28,31)(H,29,32)/t18-/m0/s1. The van der Waals surface area contributed by atoms with E-state index < -0.39 is 11.7 Å². The maximum Gasteiger partial charge on any atom is 0.416 e. The molecule has 32 heavy (non-hydrogen) atoms. The van der Waals surface area contributed by atoms with E-state index in [1.165, 1.54) is 6.07 Å². The molecular formula is C24H28F3N3O2. The minimum Gasteiger partial charge on any atom is -0.352 e. The van der Waals surface area contributed by atoms with Crippen molar-refractivity contribution in [1.82, 2.24) is 10.2 Å². The molecule has 0 bridgehead atoms. The monoisotopic (exact) mass is 447 g/mol. The van der Waals surface area contributed by atoms with Crippen LogP contribution in [-0.4, -0.2) is 29.9 Å². The number of aryl methyl sites for hydroxylation is 1. The lowest BCUT2D eigenvalue weighted by Gasteiger charge is -2.32. The Morgan fingerprint density at radius 1 is 1.12 bits per heavy atom. The van der Waals surface area contributed by atoms with Crippen LogP contribution >= 0.6 is 0 Å². The number of halogens is 3. The number of likely N-dealkylation sites (tertiary alicyclic amines) is 1. The van der Waals surface area contributed by atoms with Crippen molar-refractivity contribution < 1.29 is 22.8 Å². The number of carbonyl (C=O) groups excluding carboxylic acids is 2. The Bertz CT molecular complexity index is 929. The van der Waals surface area contributed by atoms with Gasteiger partial charge in [-0.1, -0.05) is 29.8 Å². The van der Waals surface area contributed by atoms with Crippen LogP contribution in [0.5, 0.6) is 0 Å². The summed E-state index contributed by atoms with van der Waals surface area (Å²) in [5.41, 5.74) is 1.55. The number of rotatable bonds is 6. The van der Waals surface area contributed by atoms with Gasteiger partial charge in [0.1, 0.15) is 0 Å². The lowest BCUT2D eigenvalue weighted by molar-refractivity contribution is -0.137. The molecule has 8 heteroatoms. The van der Waals surface area contributed by atoms with Crippen LogP contribution < -0.4 is 10.6 Å². The molecule has 172 valence electrons. The lowest BCUT2D eigenvalue weighted by Crippen LogP contribution is -2.42. The Balaban J connectivity index is 1.42. The average Bonchev–Trinajstić information content (AvgIpc) is 2.77. The van der Waals surface area contributed by atoms with E-state index in [0.29, 0.717) is 25.1 Å². The van der Waals surface area contributed by atoms with E-state index in [1.807, 2.05) is 31.2 Å². The second kappa shape index (κ2) is 10.5. The highest BCUT2D eigenvalue weighted by Crippen LogP contribution is 2.29. The molecule has 1 aliphatic rings. The van der Waals surface area contributed by atoms with Crippen LogP contribution in [0.2, 0.25) is 0 Å². The number of urea groups is 1. The molecule has 3 amide bonds. The average molecular weight is 448 g/mol. The zero-order valence-corrected chi connectivity index (χ0v) is 18.0. The maximum atomic E-state index is 12.8. The number of benzene rings is 2. The molecule has 1 atom stereocenters. The van der Waals surface area contributed by atoms with Gasteiger partial charge in [-0.15, -0.1) is 0 Å². The number of carbonyl (C=O) groups is 2. The molecule has 1 fully saturated rings. The molecule has 0 aliphatic carbocycles. The van der Waals surface area contributed by atoms with Gasteiger partial charge in [0.15, 0.2) is 0 Å². The molecule has 2 aromatic rings. The SMILES string of the molecule is Cc1ccc(NC(=O)N2CCC[C@@H](CCC(=O)NCc3cccc(C(F)(F)F)c3)C2)cc1. The van der Waals surface area contributed by atoms with E-state index in [9.17, 15) is 22.8 Å². The van der Waals surface area contributed by atoms with Gasteiger partial charge in [-0.05, 0) is 61.9 Å². The summed E-state index contributed by atoms with van der Waals surface area (Å²) in [5.74, 6) is 0.00969. The number of nitrogens with one attached hydrogen (secondary N) is 2. The molecule has 0 radical (unpaired) electrons. The van der Waals surface area contributed by atoms with Crippen molar-refractivity contribution in [1.29, 1.82) is 0 Å². The van der Waals surface area contributed by atoms with Crippen LogP contribution in [0.3, 0.4) is 0 Å². The number of amides is 3. The largest absolute Gasteiger partial charge is 0.416 e. The fourth-order valence-electron chi connectivity index (χ4n) is 3.81. The van der Waals surface area contributed by atoms with E-state index in [1.54, 1.807) is 11.0 Å². The first-order valence-corrected chi connectivity index (χ1v) is 10.8. The van der Waals surface area contributed by atoms with Gasteiger partial charge in [-0.3, -0.25) is 4.79 Å². The summed E-state index contributed by atoms with van der Waals surface area (Å²) in [6.45, 7) is 3.30. The van der Waals surface area contributed by atoms with Crippen molar-refractivity contribution in [2.24, 2.45) is 5.92 Å². The number of hydrogen-bond acceptors (Lipinski definition) is 2. The molecule has 5 nitrogen and oxygen atoms in total. The van der Waals surface area contributed by atoms with Crippen molar-refractivity contribution in [3.05, 3.63) is 65.2 Å². The predicted molar refractivity (Wildman–Crippen MR) is 117 cm³/mol. The van der Waals surface area contributed by atoms with Crippen molar-refractivity contribution in [2.75, 3.05) is 18.4 Å². The molecule has 2 aromatic carbocycles. The number of alkyl halides is 3. The quantitative estimate of drug-likeness (QED) is 0.627. The zero-order chi connectivity index (χ0) is 23.1. The van der Waals surface area contributed by atoms with Crippen molar-refractivity contribution >= 4 is 17.6 Å². The van der Waals surface area contributed by atoms with Gasteiger partial charge in [-0.25, -0.2) is 4.79 Å². The molecule has 0 saturated carbocycles. The number of anilines is 1. The van der Waals surface area contributed by atoms with E-state index in [-0.39, 0.29) is 30.8 Å². The predicted octanol–water partition coefficient (Wildman–Crippen LogP) is 5.35. The summed E-state index contributed by atoms with van der Waals surface area (Å²) in [6.07, 6.45) is -1.69. The van der Waals surface area contributed by atoms with E-state index in [2.05, 4.69) is 10.6 Å². The second-order valence-corrected chi connectivity index (χ2v) is 8.26. The van der Waals surface area contributed by atoms with Gasteiger partial charge >= 0.3 is 12.2 Å². The third kappa shape index (κ3) is 7.00. The summed E-state index contributed by atoms with van der Waals surface area (Å²) in [7, 11) is 0. The Labute approximate surface area is 186 Å². The van der Waals surface area contributed by atoms with E-state index >= 15 is 0 Å². The number of nitrogens with zero attached hydrogens (tertiary/aromatic N) is 1. The smallest absolute Gasteiger partial charge is 0.352 e. The van der Waals surface area contributed by atoms with Crippen LogP contribution in [0.25, 0.3) is 0 Å². The fourth-order valence-corrected chi connectivity index (χ4v) is 3.81. The van der Waals surface area contributed by atoms with Gasteiger partial charge in [0, 0.05) is 31.7 Å². The molecule has 1 saturated heterocycles. The number of piperidine rings is 1. The second-order valence-electron chi connectivity index (χ2n) is 8.26. The summed E-state index contributed by atoms with van der Waals surface area (Å²) in [4.78, 5) is 26.5. The summed E-state index contributed by atoms with van der Waals surface area (Å²) >= 11 is 0. The van der Waals surface area contributed by atoms with Gasteiger partial charge in [0.25, 0.3) is 0 Å². The Hall–Kier alpha value is -3.03. The fraction of sp³-hybridized carbons (Fsp3) is 0.417. The Morgan fingerprint density at radius 3 is 2.59 bits per heavy atom. The first kappa shape index (κ1) is 23.6. The highest BCUT2D eigenvalue weighted by molar-refractivity contribution is 5.89. The molecular weight excluding hydrogens is 419 g/mol. The molecule has 0 unspecified atom stereocenters. The van der Waals surface area contributed by atoms with Crippen molar-refractivity contribution in [3.8, 4) is 0 Å². The van der Waals surface area contributed by atoms with Crippen LogP contribution in [0.4, 0.5) is 23.7 Å². The number of hydrogen-bond donors (Lipinski definition) is 2. The minimum absolute atomic E-state index is 0.0541. The third-order valence-electron chi connectivity index (χ3n) is 5.63. The molecule has 1 aliphatic heterocycles. The third-order valence-corrected chi connectivity index (χ3v) is 5.63. The van der Waals surface area contributed by atoms with Gasteiger partial charge in [0.05, 0.1) is 5.56 Å². The van der Waals surface area contributed by atoms with Crippen LogP contribution in [-0.2, 0) is 17.5 Å². The lowest BCUT2D eigenvalue weighted by atomic mass is 9.93. The Kier molecular flexibility index (Phi) is 7.77. The van der Waals surface area contributed by atoms with Gasteiger partial charge in [-0.2, -0.15) is 13.2 Å². The zero-order valence-electron chi connectivity index (χ0n) is 18.0. The van der Waals surface area contributed by atoms with Gasteiger partial charge < -0.3 is 15.5 Å². The normalized spacial score (nSPS) is 16.5. The molecule has 3 rings (SSSR count). The molecule has 1 heterocycles. The summed E-state index contributed by atoms with van der Waals surface area (Å²) in [5, 5.41) is 5.59. The Morgan fingerprint density at radius 2 is 1.88 bits per heavy atom. The molecule has 0 aromatic heterocycles. The highest BCUT2D eigenvalue weighted by Gasteiger charge is 2.30. The first-order valence-electron chi connectivity index (χ1n) is 10.8. The summed E-state index contributed by atoms with van der Waals surface area (Å²) in [6, 6.07) is 12.4. The highest BCUT2D eigenvalue weighted by atomic mass is 19.4. The molecule has 2 N–H and O–H groups in total. The van der Waals surface area contributed by atoms with Crippen molar-refractivity contribution in [2.45, 2.75) is 45.3 Å². The van der Waals surface area contributed by atoms with Crippen LogP contribution in [0.15, 0.2) is 48.5 Å². The van der Waals surface area contributed by atoms with Crippen molar-refractivity contribution in [3.63, 3.8) is 0 Å². The maximum absolute atomic E-state index is 12.8. The topological polar surface area (TPSA) is 61.4 Å². The van der Waals surface area contributed by atoms with Gasteiger partial charge in [0.2, 0.25) is 5.91 Å². The van der Waals surface area contributed by atoms with Crippen LogP contribution in [0, 0.1) is 12.8 Å². The van der Waals surface area contributed by atoms with Crippen LogP contribution in [0.1, 0.15) is 42.4 Å².